The zero-order valence-corrected chi connectivity index (χ0v) is 14.8. The van der Waals surface area contributed by atoms with E-state index in [4.69, 9.17) is 0 Å². The third kappa shape index (κ3) is 4.27. The molecule has 1 amide bonds. The number of aliphatic hydroxyl groups is 1. The highest BCUT2D eigenvalue weighted by molar-refractivity contribution is 5.78. The molecule has 0 radical (unpaired) electrons. The first kappa shape index (κ1) is 17.6. The Balaban J connectivity index is 1.65. The van der Waals surface area contributed by atoms with Crippen LogP contribution >= 0.6 is 0 Å². The van der Waals surface area contributed by atoms with Crippen LogP contribution in [0, 0.1) is 0 Å². The van der Waals surface area contributed by atoms with Gasteiger partial charge in [-0.05, 0) is 36.6 Å². The third-order valence-electron chi connectivity index (χ3n) is 4.99. The highest BCUT2D eigenvalue weighted by Gasteiger charge is 2.24. The Kier molecular flexibility index (Phi) is 5.84. The van der Waals surface area contributed by atoms with Crippen molar-refractivity contribution in [3.63, 3.8) is 0 Å². The third-order valence-corrected chi connectivity index (χ3v) is 4.99. The lowest BCUT2D eigenvalue weighted by Crippen LogP contribution is -2.42. The van der Waals surface area contributed by atoms with E-state index in [2.05, 4.69) is 30.3 Å². The number of carbonyl (C=O) groups excluding carboxylic acids is 1. The van der Waals surface area contributed by atoms with Crippen LogP contribution in [0.4, 0.5) is 0 Å². The lowest BCUT2D eigenvalue weighted by atomic mass is 9.99. The van der Waals surface area contributed by atoms with E-state index >= 15 is 0 Å². The number of carbonyl (C=O) groups is 1. The van der Waals surface area contributed by atoms with Crippen LogP contribution < -0.4 is 0 Å². The van der Waals surface area contributed by atoms with Gasteiger partial charge in [-0.3, -0.25) is 9.69 Å². The summed E-state index contributed by atoms with van der Waals surface area (Å²) in [6.45, 7) is 1.94. The van der Waals surface area contributed by atoms with E-state index in [0.717, 1.165) is 18.5 Å². The molecule has 1 N–H and O–H groups in total. The van der Waals surface area contributed by atoms with E-state index in [1.807, 2.05) is 41.1 Å². The van der Waals surface area contributed by atoms with Crippen molar-refractivity contribution in [1.82, 2.24) is 9.80 Å². The highest BCUT2D eigenvalue weighted by atomic mass is 16.3. The van der Waals surface area contributed by atoms with Crippen LogP contribution in [0.1, 0.15) is 29.2 Å². The Morgan fingerprint density at radius 2 is 1.80 bits per heavy atom. The number of fused-ring (bicyclic) bond motifs is 1. The van der Waals surface area contributed by atoms with Gasteiger partial charge in [0.25, 0.3) is 0 Å². The van der Waals surface area contributed by atoms with Crippen LogP contribution in [0.5, 0.6) is 0 Å². The summed E-state index contributed by atoms with van der Waals surface area (Å²) in [5.74, 6) is 0.149. The highest BCUT2D eigenvalue weighted by Crippen LogP contribution is 2.23. The zero-order valence-electron chi connectivity index (χ0n) is 14.8. The summed E-state index contributed by atoms with van der Waals surface area (Å²) in [5.41, 5.74) is 3.73. The molecule has 3 rings (SSSR count). The topological polar surface area (TPSA) is 43.8 Å². The molecule has 0 aliphatic carbocycles. The summed E-state index contributed by atoms with van der Waals surface area (Å²) < 4.78 is 0. The second-order valence-electron chi connectivity index (χ2n) is 6.69. The largest absolute Gasteiger partial charge is 0.396 e. The fourth-order valence-corrected chi connectivity index (χ4v) is 3.57. The molecule has 0 spiro atoms. The summed E-state index contributed by atoms with van der Waals surface area (Å²) >= 11 is 0. The molecule has 4 nitrogen and oxygen atoms in total. The lowest BCUT2D eigenvalue weighted by molar-refractivity contribution is -0.133. The quantitative estimate of drug-likeness (QED) is 0.880. The molecule has 1 aliphatic rings. The molecule has 0 bridgehead atoms. The minimum Gasteiger partial charge on any atom is -0.396 e. The fraction of sp³-hybridized carbons (Fsp3) is 0.381. The number of hydrogen-bond acceptors (Lipinski definition) is 3. The summed E-state index contributed by atoms with van der Waals surface area (Å²) in [6, 6.07) is 18.5. The summed E-state index contributed by atoms with van der Waals surface area (Å²) in [6.07, 6.45) is 1.54. The molecule has 132 valence electrons. The second-order valence-corrected chi connectivity index (χ2v) is 6.69. The Morgan fingerprint density at radius 3 is 2.52 bits per heavy atom. The minimum atomic E-state index is 0.0484. The Labute approximate surface area is 149 Å². The van der Waals surface area contributed by atoms with E-state index in [0.29, 0.717) is 19.5 Å². The number of nitrogens with zero attached hydrogens (tertiary/aromatic N) is 2. The van der Waals surface area contributed by atoms with Crippen molar-refractivity contribution in [2.24, 2.45) is 0 Å². The maximum atomic E-state index is 12.8. The summed E-state index contributed by atoms with van der Waals surface area (Å²) in [7, 11) is 1.96. The molecule has 0 aromatic heterocycles. The molecule has 1 unspecified atom stereocenters. The van der Waals surface area contributed by atoms with E-state index in [1.165, 1.54) is 11.1 Å². The van der Waals surface area contributed by atoms with Crippen LogP contribution in [-0.4, -0.2) is 47.6 Å². The molecule has 0 saturated heterocycles. The van der Waals surface area contributed by atoms with Crippen LogP contribution in [0.15, 0.2) is 54.6 Å². The van der Waals surface area contributed by atoms with Crippen LogP contribution in [0.25, 0.3) is 0 Å². The molecule has 25 heavy (non-hydrogen) atoms. The van der Waals surface area contributed by atoms with E-state index in [1.54, 1.807) is 0 Å². The van der Waals surface area contributed by atoms with Gasteiger partial charge in [-0.25, -0.2) is 0 Å². The van der Waals surface area contributed by atoms with Gasteiger partial charge in [-0.1, -0.05) is 54.6 Å². The van der Waals surface area contributed by atoms with Gasteiger partial charge in [-0.2, -0.15) is 0 Å². The smallest absolute Gasteiger partial charge is 0.237 e. The van der Waals surface area contributed by atoms with Gasteiger partial charge in [0, 0.05) is 25.7 Å². The van der Waals surface area contributed by atoms with Crippen LogP contribution in [-0.2, 0) is 17.8 Å². The Hall–Kier alpha value is -2.17. The molecule has 2 aromatic carbocycles. The molecule has 0 saturated carbocycles. The molecule has 1 aliphatic heterocycles. The van der Waals surface area contributed by atoms with Crippen molar-refractivity contribution in [1.29, 1.82) is 0 Å². The van der Waals surface area contributed by atoms with Crippen molar-refractivity contribution < 1.29 is 9.90 Å². The van der Waals surface area contributed by atoms with Crippen molar-refractivity contribution in [3.8, 4) is 0 Å². The van der Waals surface area contributed by atoms with Gasteiger partial charge in [0.15, 0.2) is 0 Å². The van der Waals surface area contributed by atoms with Gasteiger partial charge in [0.1, 0.15) is 0 Å². The van der Waals surface area contributed by atoms with Gasteiger partial charge in [-0.15, -0.1) is 0 Å². The number of likely N-dealkylation sites (N-methyl/N-ethyl adjacent to an activating group) is 1. The number of hydrogen-bond donors (Lipinski definition) is 1. The van der Waals surface area contributed by atoms with E-state index in [-0.39, 0.29) is 18.6 Å². The Morgan fingerprint density at radius 1 is 1.12 bits per heavy atom. The average molecular weight is 338 g/mol. The first-order chi connectivity index (χ1) is 12.2. The molecule has 0 fully saturated rings. The molecular weight excluding hydrogens is 312 g/mol. The van der Waals surface area contributed by atoms with Gasteiger partial charge in [0.05, 0.1) is 6.54 Å². The number of benzene rings is 2. The predicted molar refractivity (Wildman–Crippen MR) is 99.1 cm³/mol. The zero-order chi connectivity index (χ0) is 17.6. The molecule has 4 heteroatoms. The lowest BCUT2D eigenvalue weighted by Gasteiger charge is -2.33. The number of amides is 1. The standard InChI is InChI=1S/C21H26N2O2/c1-22(20(12-14-24)18-8-3-2-4-9-18)16-21(25)23-13-11-17-7-5-6-10-19(17)15-23/h2-10,20,24H,11-16H2,1H3. The monoisotopic (exact) mass is 338 g/mol. The van der Waals surface area contributed by atoms with Crippen LogP contribution in [0.3, 0.4) is 0 Å². The van der Waals surface area contributed by atoms with Gasteiger partial charge >= 0.3 is 0 Å². The van der Waals surface area contributed by atoms with E-state index < -0.39 is 0 Å². The second kappa shape index (κ2) is 8.28. The first-order valence-corrected chi connectivity index (χ1v) is 8.89. The number of aliphatic hydroxyl groups excluding tert-OH is 1. The van der Waals surface area contributed by atoms with Crippen molar-refractivity contribution in [3.05, 3.63) is 71.3 Å². The molecule has 1 heterocycles. The fourth-order valence-electron chi connectivity index (χ4n) is 3.57. The maximum Gasteiger partial charge on any atom is 0.237 e. The number of rotatable bonds is 6. The minimum absolute atomic E-state index is 0.0484. The van der Waals surface area contributed by atoms with Crippen molar-refractivity contribution in [2.75, 3.05) is 26.7 Å². The normalized spacial score (nSPS) is 15.1. The van der Waals surface area contributed by atoms with E-state index in [9.17, 15) is 9.90 Å². The van der Waals surface area contributed by atoms with Gasteiger partial charge in [0.2, 0.25) is 5.91 Å². The predicted octanol–water partition coefficient (Wildman–Crippen LogP) is 2.63. The first-order valence-electron chi connectivity index (χ1n) is 8.89. The Bertz CT molecular complexity index is 702. The van der Waals surface area contributed by atoms with Crippen LogP contribution in [0.2, 0.25) is 0 Å². The van der Waals surface area contributed by atoms with Gasteiger partial charge < -0.3 is 10.0 Å². The van der Waals surface area contributed by atoms with Crippen molar-refractivity contribution >= 4 is 5.91 Å². The summed E-state index contributed by atoms with van der Waals surface area (Å²) in [5, 5.41) is 9.42. The average Bonchev–Trinajstić information content (AvgIpc) is 2.66. The molecule has 2 aromatic rings. The molecule has 1 atom stereocenters. The van der Waals surface area contributed by atoms with Crippen molar-refractivity contribution in [2.45, 2.75) is 25.4 Å². The summed E-state index contributed by atoms with van der Waals surface area (Å²) in [4.78, 5) is 16.8. The SMILES string of the molecule is CN(CC(=O)N1CCc2ccccc2C1)C(CCO)c1ccccc1. The molecular formula is C21H26N2O2. The maximum absolute atomic E-state index is 12.8.